The maximum atomic E-state index is 13.3. The van der Waals surface area contributed by atoms with Gasteiger partial charge >= 0.3 is 11.9 Å². The van der Waals surface area contributed by atoms with Crippen molar-refractivity contribution >= 4 is 27.9 Å². The molecule has 1 unspecified atom stereocenters. The summed E-state index contributed by atoms with van der Waals surface area (Å²) < 4.78 is 28.5. The van der Waals surface area contributed by atoms with Gasteiger partial charge in [-0.05, 0) is 69.9 Å². The molecule has 0 aromatic carbocycles. The van der Waals surface area contributed by atoms with Gasteiger partial charge in [0, 0.05) is 12.8 Å². The second-order valence-corrected chi connectivity index (χ2v) is 9.69. The average molecular weight is 544 g/mol. The van der Waals surface area contributed by atoms with Crippen LogP contribution in [0, 0.1) is 5.41 Å². The summed E-state index contributed by atoms with van der Waals surface area (Å²) in [5, 5.41) is 0. The number of hydrogen-bond donors (Lipinski definition) is 0. The van der Waals surface area contributed by atoms with Crippen LogP contribution in [0.2, 0.25) is 0 Å². The maximum absolute atomic E-state index is 13.3. The minimum atomic E-state index is -1.59. The first-order valence-corrected chi connectivity index (χ1v) is 12.6. The minimum Gasteiger partial charge on any atom is -0.494 e. The quantitative estimate of drug-likeness (QED) is 0.239. The summed E-state index contributed by atoms with van der Waals surface area (Å²) in [6, 6.07) is 0. The monoisotopic (exact) mass is 543 g/mol. The third-order valence-electron chi connectivity index (χ3n) is 6.13. The number of likely N-dealkylation sites (N-methyl/N-ethyl adjacent to an activating group) is 1. The zero-order valence-electron chi connectivity index (χ0n) is 21.0. The highest BCUT2D eigenvalue weighted by Gasteiger charge is 2.53. The zero-order valence-corrected chi connectivity index (χ0v) is 22.6. The summed E-state index contributed by atoms with van der Waals surface area (Å²) in [7, 11) is 3.94. The molecule has 34 heavy (non-hydrogen) atoms. The Labute approximate surface area is 211 Å². The van der Waals surface area contributed by atoms with Crippen LogP contribution in [0.25, 0.3) is 0 Å². The first-order chi connectivity index (χ1) is 16.1. The van der Waals surface area contributed by atoms with E-state index < -0.39 is 22.9 Å². The summed E-state index contributed by atoms with van der Waals surface area (Å²) in [6.45, 7) is 11.2. The van der Waals surface area contributed by atoms with Crippen LogP contribution in [-0.4, -0.2) is 75.8 Å². The van der Waals surface area contributed by atoms with Gasteiger partial charge < -0.3 is 23.7 Å². The molecule has 1 fully saturated rings. The van der Waals surface area contributed by atoms with Gasteiger partial charge in [0.2, 0.25) is 0 Å². The number of nitrogens with zero attached hydrogens (tertiary/aromatic N) is 1. The largest absolute Gasteiger partial charge is 0.494 e. The van der Waals surface area contributed by atoms with Gasteiger partial charge in [-0.1, -0.05) is 22.5 Å². The van der Waals surface area contributed by atoms with Crippen molar-refractivity contribution in [2.45, 2.75) is 58.3 Å². The van der Waals surface area contributed by atoms with E-state index in [0.717, 1.165) is 5.57 Å². The van der Waals surface area contributed by atoms with Gasteiger partial charge in [0.05, 0.1) is 38.6 Å². The summed E-state index contributed by atoms with van der Waals surface area (Å²) in [5.74, 6) is -0.566. The highest BCUT2D eigenvalue weighted by Crippen LogP contribution is 2.47. The van der Waals surface area contributed by atoms with Crippen molar-refractivity contribution in [3.05, 3.63) is 34.5 Å². The fraction of sp³-hybridized carbons (Fsp3) is 0.680. The highest BCUT2D eigenvalue weighted by atomic mass is 79.9. The number of ether oxygens (including phenoxy) is 5. The molecule has 192 valence electrons. The van der Waals surface area contributed by atoms with Gasteiger partial charge in [0.15, 0.2) is 11.7 Å². The number of esters is 2. The lowest BCUT2D eigenvalue weighted by Gasteiger charge is -2.41. The number of carbonyl (C=O) groups is 2. The fourth-order valence-electron chi connectivity index (χ4n) is 4.53. The normalized spacial score (nSPS) is 20.8. The van der Waals surface area contributed by atoms with Crippen molar-refractivity contribution in [1.29, 1.82) is 0 Å². The molecule has 1 heterocycles. The van der Waals surface area contributed by atoms with Crippen LogP contribution in [0.15, 0.2) is 34.5 Å². The third-order valence-corrected chi connectivity index (χ3v) is 6.41. The lowest BCUT2D eigenvalue weighted by atomic mass is 9.72. The number of allylic oxidation sites excluding steroid dienone is 2. The van der Waals surface area contributed by atoms with Crippen LogP contribution < -0.4 is 0 Å². The molecule has 0 radical (unpaired) electrons. The number of hydrogen-bond acceptors (Lipinski definition) is 8. The summed E-state index contributed by atoms with van der Waals surface area (Å²) in [5.41, 5.74) is -1.35. The molecule has 0 bridgehead atoms. The Balaban J connectivity index is 2.54. The summed E-state index contributed by atoms with van der Waals surface area (Å²) in [6.07, 6.45) is 5.10. The molecule has 9 heteroatoms. The van der Waals surface area contributed by atoms with E-state index in [-0.39, 0.29) is 32.3 Å². The van der Waals surface area contributed by atoms with Gasteiger partial charge in [-0.2, -0.15) is 0 Å². The Bertz CT molecular complexity index is 783. The molecule has 8 nitrogen and oxygen atoms in total. The molecule has 0 spiro atoms. The molecule has 1 atom stereocenters. The molecular weight excluding hydrogens is 506 g/mol. The fourth-order valence-corrected chi connectivity index (χ4v) is 5.01. The second-order valence-electron chi connectivity index (χ2n) is 8.57. The van der Waals surface area contributed by atoms with E-state index in [0.29, 0.717) is 42.9 Å². The van der Waals surface area contributed by atoms with Crippen molar-refractivity contribution in [2.75, 3.05) is 47.1 Å². The van der Waals surface area contributed by atoms with E-state index in [2.05, 4.69) is 27.4 Å². The predicted octanol–water partition coefficient (Wildman–Crippen LogP) is 4.10. The summed E-state index contributed by atoms with van der Waals surface area (Å²) >= 11 is 3.36. The summed E-state index contributed by atoms with van der Waals surface area (Å²) in [4.78, 5) is 28.8. The molecule has 0 amide bonds. The SMILES string of the molecule is C=C(Br)CC(CC1=CC(OCC)=CC1(CCC1OCCO1)N(C)C)(C(=O)OCC)C(=O)OCC. The first-order valence-electron chi connectivity index (χ1n) is 11.8. The number of carbonyl (C=O) groups excluding carboxylic acids is 2. The molecule has 2 rings (SSSR count). The van der Waals surface area contributed by atoms with E-state index in [1.807, 2.05) is 33.2 Å². The van der Waals surface area contributed by atoms with Crippen molar-refractivity contribution in [3.63, 3.8) is 0 Å². The van der Waals surface area contributed by atoms with Crippen molar-refractivity contribution in [2.24, 2.45) is 5.41 Å². The Morgan fingerprint density at radius 3 is 2.21 bits per heavy atom. The second kappa shape index (κ2) is 12.9. The topological polar surface area (TPSA) is 83.5 Å². The number of halogens is 1. The van der Waals surface area contributed by atoms with E-state index in [4.69, 9.17) is 23.7 Å². The van der Waals surface area contributed by atoms with E-state index in [1.165, 1.54) is 0 Å². The van der Waals surface area contributed by atoms with Crippen molar-refractivity contribution in [1.82, 2.24) is 4.90 Å². The van der Waals surface area contributed by atoms with E-state index in [1.54, 1.807) is 13.8 Å². The standard InChI is InChI=1S/C25H38BrNO7/c1-7-30-20-14-19(25(17-20,27(5)6)11-10-21-33-12-13-34-21)16-24(15-18(4)26,22(28)31-8-2)23(29)32-9-3/h14,17,21H,4,7-13,15-16H2,1-3,5-6H3. The van der Waals surface area contributed by atoms with Crippen molar-refractivity contribution < 1.29 is 33.3 Å². The van der Waals surface area contributed by atoms with Gasteiger partial charge in [0.1, 0.15) is 5.76 Å². The molecule has 0 aromatic heterocycles. The molecule has 0 saturated carbocycles. The predicted molar refractivity (Wildman–Crippen MR) is 132 cm³/mol. The minimum absolute atomic E-state index is 0.0460. The van der Waals surface area contributed by atoms with E-state index in [9.17, 15) is 9.59 Å². The smallest absolute Gasteiger partial charge is 0.324 e. The van der Waals surface area contributed by atoms with Crippen LogP contribution in [-0.2, 0) is 33.3 Å². The Hall–Kier alpha value is -1.68. The van der Waals surface area contributed by atoms with Gasteiger partial charge in [-0.15, -0.1) is 0 Å². The highest BCUT2D eigenvalue weighted by molar-refractivity contribution is 9.11. The van der Waals surface area contributed by atoms with Crippen LogP contribution in [0.4, 0.5) is 0 Å². The average Bonchev–Trinajstić information content (AvgIpc) is 3.40. The molecular formula is C25H38BrNO7. The lowest BCUT2D eigenvalue weighted by molar-refractivity contribution is -0.172. The maximum Gasteiger partial charge on any atom is 0.324 e. The lowest BCUT2D eigenvalue weighted by Crippen LogP contribution is -2.48. The Kier molecular flexibility index (Phi) is 10.8. The Morgan fingerprint density at radius 2 is 1.74 bits per heavy atom. The van der Waals surface area contributed by atoms with Gasteiger partial charge in [-0.25, -0.2) is 0 Å². The third kappa shape index (κ3) is 6.50. The molecule has 1 aliphatic carbocycles. The molecule has 2 aliphatic rings. The van der Waals surface area contributed by atoms with Crippen LogP contribution in [0.5, 0.6) is 0 Å². The van der Waals surface area contributed by atoms with Gasteiger partial charge in [-0.3, -0.25) is 14.5 Å². The molecule has 0 aromatic rings. The number of rotatable bonds is 14. The van der Waals surface area contributed by atoms with Crippen LogP contribution in [0.1, 0.15) is 46.5 Å². The zero-order chi connectivity index (χ0) is 25.4. The van der Waals surface area contributed by atoms with Crippen molar-refractivity contribution in [3.8, 4) is 0 Å². The molecule has 1 saturated heterocycles. The molecule has 1 aliphatic heterocycles. The van der Waals surface area contributed by atoms with Gasteiger partial charge in [0.25, 0.3) is 0 Å². The van der Waals surface area contributed by atoms with E-state index >= 15 is 0 Å². The molecule has 0 N–H and O–H groups in total. The van der Waals surface area contributed by atoms with Crippen LogP contribution >= 0.6 is 15.9 Å². The Morgan fingerprint density at radius 1 is 1.15 bits per heavy atom. The van der Waals surface area contributed by atoms with Crippen LogP contribution in [0.3, 0.4) is 0 Å². The first kappa shape index (κ1) is 28.6.